The summed E-state index contributed by atoms with van der Waals surface area (Å²) in [6.45, 7) is 0.469. The third-order valence-electron chi connectivity index (χ3n) is 2.11. The van der Waals surface area contributed by atoms with Gasteiger partial charge in [0.05, 0.1) is 19.9 Å². The Bertz CT molecular complexity index is 562. The highest BCUT2D eigenvalue weighted by Gasteiger charge is 2.05. The van der Waals surface area contributed by atoms with Gasteiger partial charge in [0.2, 0.25) is 11.8 Å². The second kappa shape index (κ2) is 6.35. The van der Waals surface area contributed by atoms with Crippen molar-refractivity contribution in [2.24, 2.45) is 0 Å². The molecule has 0 amide bonds. The smallest absolute Gasteiger partial charge is 0.233 e. The van der Waals surface area contributed by atoms with Crippen molar-refractivity contribution < 1.29 is 9.15 Å². The largest absolute Gasteiger partial charge is 0.481 e. The van der Waals surface area contributed by atoms with E-state index in [9.17, 15) is 0 Å². The first kappa shape index (κ1) is 13.6. The third kappa shape index (κ3) is 4.08. The number of aromatic nitrogens is 2. The Labute approximate surface area is 120 Å². The SMILES string of the molecule is COc1cc(Cl)nc(NC(=S)NCc2ccco2)n1. The van der Waals surface area contributed by atoms with Crippen LogP contribution in [0.25, 0.3) is 0 Å². The van der Waals surface area contributed by atoms with Crippen LogP contribution in [-0.4, -0.2) is 22.2 Å². The molecule has 8 heteroatoms. The van der Waals surface area contributed by atoms with E-state index in [4.69, 9.17) is 33.0 Å². The second-order valence-electron chi connectivity index (χ2n) is 3.44. The molecule has 2 N–H and O–H groups in total. The van der Waals surface area contributed by atoms with E-state index in [-0.39, 0.29) is 11.1 Å². The van der Waals surface area contributed by atoms with Gasteiger partial charge in [0.25, 0.3) is 0 Å². The summed E-state index contributed by atoms with van der Waals surface area (Å²) in [5.41, 5.74) is 0. The lowest BCUT2D eigenvalue weighted by molar-refractivity contribution is 0.397. The minimum atomic E-state index is 0.265. The molecule has 19 heavy (non-hydrogen) atoms. The summed E-state index contributed by atoms with van der Waals surface area (Å²) < 4.78 is 10.1. The van der Waals surface area contributed by atoms with Gasteiger partial charge >= 0.3 is 0 Å². The van der Waals surface area contributed by atoms with Crippen LogP contribution in [-0.2, 0) is 6.54 Å². The molecule has 2 aromatic rings. The number of methoxy groups -OCH3 is 1. The fourth-order valence-electron chi connectivity index (χ4n) is 1.28. The Kier molecular flexibility index (Phi) is 4.53. The third-order valence-corrected chi connectivity index (χ3v) is 2.55. The van der Waals surface area contributed by atoms with Crippen LogP contribution >= 0.6 is 23.8 Å². The Balaban J connectivity index is 1.93. The molecule has 0 aromatic carbocycles. The van der Waals surface area contributed by atoms with Crippen molar-refractivity contribution in [1.82, 2.24) is 15.3 Å². The summed E-state index contributed by atoms with van der Waals surface area (Å²) in [7, 11) is 1.50. The first-order chi connectivity index (χ1) is 9.17. The van der Waals surface area contributed by atoms with Crippen LogP contribution < -0.4 is 15.4 Å². The highest BCUT2D eigenvalue weighted by Crippen LogP contribution is 2.15. The van der Waals surface area contributed by atoms with E-state index in [1.54, 1.807) is 12.3 Å². The Morgan fingerprint density at radius 3 is 3.05 bits per heavy atom. The molecular weight excluding hydrogens is 288 g/mol. The molecule has 0 unspecified atom stereocenters. The van der Waals surface area contributed by atoms with Crippen molar-refractivity contribution in [2.45, 2.75) is 6.54 Å². The normalized spacial score (nSPS) is 10.0. The minimum Gasteiger partial charge on any atom is -0.481 e. The molecule has 0 aliphatic carbocycles. The van der Waals surface area contributed by atoms with Gasteiger partial charge in [-0.1, -0.05) is 11.6 Å². The van der Waals surface area contributed by atoms with Crippen molar-refractivity contribution in [2.75, 3.05) is 12.4 Å². The maximum Gasteiger partial charge on any atom is 0.233 e. The first-order valence-corrected chi connectivity index (χ1v) is 6.12. The monoisotopic (exact) mass is 298 g/mol. The fourth-order valence-corrected chi connectivity index (χ4v) is 1.62. The quantitative estimate of drug-likeness (QED) is 0.662. The molecule has 0 spiro atoms. The van der Waals surface area contributed by atoms with E-state index in [2.05, 4.69) is 20.6 Å². The van der Waals surface area contributed by atoms with Crippen LogP contribution in [0, 0.1) is 0 Å². The number of nitrogens with one attached hydrogen (secondary N) is 2. The number of nitrogens with zero attached hydrogens (tertiary/aromatic N) is 2. The molecule has 2 aromatic heterocycles. The van der Waals surface area contributed by atoms with Crippen molar-refractivity contribution in [3.63, 3.8) is 0 Å². The van der Waals surface area contributed by atoms with Gasteiger partial charge in [0, 0.05) is 6.07 Å². The van der Waals surface area contributed by atoms with E-state index < -0.39 is 0 Å². The molecule has 0 aliphatic rings. The lowest BCUT2D eigenvalue weighted by Crippen LogP contribution is -2.28. The zero-order chi connectivity index (χ0) is 13.7. The average molecular weight is 299 g/mol. The summed E-state index contributed by atoms with van der Waals surface area (Å²) in [6.07, 6.45) is 1.60. The van der Waals surface area contributed by atoms with E-state index in [1.165, 1.54) is 13.2 Å². The van der Waals surface area contributed by atoms with Crippen molar-refractivity contribution in [3.05, 3.63) is 35.4 Å². The average Bonchev–Trinajstić information content (AvgIpc) is 2.88. The fraction of sp³-hybridized carbons (Fsp3) is 0.182. The number of anilines is 1. The Hall–Kier alpha value is -1.86. The molecule has 0 saturated heterocycles. The van der Waals surface area contributed by atoms with Crippen LogP contribution in [0.3, 0.4) is 0 Å². The molecule has 0 saturated carbocycles. The summed E-state index contributed by atoms with van der Waals surface area (Å²) in [6, 6.07) is 5.15. The summed E-state index contributed by atoms with van der Waals surface area (Å²) >= 11 is 10.9. The summed E-state index contributed by atoms with van der Waals surface area (Å²) in [5, 5.41) is 6.39. The molecule has 0 bridgehead atoms. The number of rotatable bonds is 4. The Morgan fingerprint density at radius 2 is 2.37 bits per heavy atom. The maximum absolute atomic E-state index is 5.82. The molecular formula is C11H11ClN4O2S. The van der Waals surface area contributed by atoms with Crippen molar-refractivity contribution >= 4 is 34.9 Å². The number of hydrogen-bond acceptors (Lipinski definition) is 5. The van der Waals surface area contributed by atoms with Gasteiger partial charge in [-0.25, -0.2) is 4.98 Å². The van der Waals surface area contributed by atoms with Gasteiger partial charge in [-0.2, -0.15) is 4.98 Å². The topological polar surface area (TPSA) is 72.2 Å². The highest BCUT2D eigenvalue weighted by molar-refractivity contribution is 7.80. The summed E-state index contributed by atoms with van der Waals surface area (Å²) in [4.78, 5) is 8.04. The first-order valence-electron chi connectivity index (χ1n) is 5.33. The number of hydrogen-bond donors (Lipinski definition) is 2. The van der Waals surface area contributed by atoms with Crippen LogP contribution in [0.2, 0.25) is 5.15 Å². The van der Waals surface area contributed by atoms with Gasteiger partial charge in [-0.05, 0) is 24.4 Å². The predicted octanol–water partition coefficient (Wildman–Crippen LogP) is 2.22. The van der Waals surface area contributed by atoms with Gasteiger partial charge in [0.1, 0.15) is 10.9 Å². The lowest BCUT2D eigenvalue weighted by Gasteiger charge is -2.09. The predicted molar refractivity (Wildman–Crippen MR) is 75.4 cm³/mol. The van der Waals surface area contributed by atoms with Crippen LogP contribution in [0.1, 0.15) is 5.76 Å². The van der Waals surface area contributed by atoms with Crippen LogP contribution in [0.4, 0.5) is 5.95 Å². The molecule has 0 radical (unpaired) electrons. The molecule has 0 aliphatic heterocycles. The lowest BCUT2D eigenvalue weighted by atomic mass is 10.4. The number of thiocarbonyl (C=S) groups is 1. The zero-order valence-electron chi connectivity index (χ0n) is 10.0. The number of furan rings is 1. The number of halogens is 1. The van der Waals surface area contributed by atoms with Gasteiger partial charge in [0.15, 0.2) is 5.11 Å². The maximum atomic E-state index is 5.82. The van der Waals surface area contributed by atoms with Crippen LogP contribution in [0.15, 0.2) is 28.9 Å². The van der Waals surface area contributed by atoms with Gasteiger partial charge in [-0.15, -0.1) is 0 Å². The van der Waals surface area contributed by atoms with Gasteiger partial charge < -0.3 is 19.8 Å². The summed E-state index contributed by atoms with van der Waals surface area (Å²) in [5.74, 6) is 1.39. The molecule has 2 heterocycles. The molecule has 2 rings (SSSR count). The van der Waals surface area contributed by atoms with Crippen molar-refractivity contribution in [3.8, 4) is 5.88 Å². The van der Waals surface area contributed by atoms with Crippen molar-refractivity contribution in [1.29, 1.82) is 0 Å². The van der Waals surface area contributed by atoms with Crippen LogP contribution in [0.5, 0.6) is 5.88 Å². The van der Waals surface area contributed by atoms with Gasteiger partial charge in [-0.3, -0.25) is 0 Å². The molecule has 0 atom stereocenters. The van der Waals surface area contributed by atoms with E-state index >= 15 is 0 Å². The highest BCUT2D eigenvalue weighted by atomic mass is 35.5. The standard InChI is InChI=1S/C11H11ClN4O2S/c1-17-9-5-8(12)14-10(15-9)16-11(19)13-6-7-3-2-4-18-7/h2-5H,6H2,1H3,(H2,13,14,15,16,19). The molecule has 100 valence electrons. The molecule has 0 fully saturated rings. The van der Waals surface area contributed by atoms with E-state index in [0.717, 1.165) is 5.76 Å². The second-order valence-corrected chi connectivity index (χ2v) is 4.24. The zero-order valence-corrected chi connectivity index (χ0v) is 11.6. The van der Waals surface area contributed by atoms with E-state index in [0.29, 0.717) is 17.5 Å². The Morgan fingerprint density at radius 1 is 1.53 bits per heavy atom. The molecule has 6 nitrogen and oxygen atoms in total. The van der Waals surface area contributed by atoms with E-state index in [1.807, 2.05) is 6.07 Å². The minimum absolute atomic E-state index is 0.265. The number of ether oxygens (including phenoxy) is 1.